The summed E-state index contributed by atoms with van der Waals surface area (Å²) in [4.78, 5) is 34.1. The standard InChI is InChI=1S/C25H22N2O3/c1-17-12-14-19(15-13-17)22-21-23(30-27(22)20-10-6-3-7-11-20)25(29)26(24(21)28)16-18-8-4-2-5-9-18/h2-15,21-23H,16H2,1H3/t21-,22-,23+/m1/s1. The van der Waals surface area contributed by atoms with E-state index in [1.807, 2.05) is 91.9 Å². The molecule has 30 heavy (non-hydrogen) atoms. The Balaban J connectivity index is 1.52. The number of para-hydroxylation sites is 1. The van der Waals surface area contributed by atoms with Crippen LogP contribution in [0, 0.1) is 12.8 Å². The van der Waals surface area contributed by atoms with E-state index in [1.165, 1.54) is 4.90 Å². The third-order valence-electron chi connectivity index (χ3n) is 5.82. The summed E-state index contributed by atoms with van der Waals surface area (Å²) in [5.41, 5.74) is 3.85. The van der Waals surface area contributed by atoms with E-state index in [0.29, 0.717) is 0 Å². The maximum absolute atomic E-state index is 13.4. The molecule has 3 atom stereocenters. The molecule has 0 radical (unpaired) electrons. The highest BCUT2D eigenvalue weighted by molar-refractivity contribution is 6.07. The van der Waals surface area contributed by atoms with Crippen molar-refractivity contribution in [2.24, 2.45) is 5.92 Å². The Morgan fingerprint density at radius 3 is 2.10 bits per heavy atom. The smallest absolute Gasteiger partial charge is 0.262 e. The third-order valence-corrected chi connectivity index (χ3v) is 5.82. The highest BCUT2D eigenvalue weighted by atomic mass is 16.7. The molecule has 2 amide bonds. The predicted octanol–water partition coefficient (Wildman–Crippen LogP) is 4.04. The Hall–Kier alpha value is -3.44. The van der Waals surface area contributed by atoms with Crippen LogP contribution in [0.2, 0.25) is 0 Å². The molecule has 0 unspecified atom stereocenters. The van der Waals surface area contributed by atoms with E-state index in [-0.39, 0.29) is 24.4 Å². The topological polar surface area (TPSA) is 49.9 Å². The van der Waals surface area contributed by atoms with Crippen LogP contribution in [0.3, 0.4) is 0 Å². The maximum Gasteiger partial charge on any atom is 0.262 e. The molecule has 0 saturated carbocycles. The van der Waals surface area contributed by atoms with E-state index >= 15 is 0 Å². The largest absolute Gasteiger partial charge is 0.275 e. The second kappa shape index (κ2) is 7.43. The van der Waals surface area contributed by atoms with Gasteiger partial charge in [-0.1, -0.05) is 78.4 Å². The normalized spacial score (nSPS) is 23.2. The second-order valence-corrected chi connectivity index (χ2v) is 7.82. The molecule has 0 N–H and O–H groups in total. The second-order valence-electron chi connectivity index (χ2n) is 7.82. The number of benzene rings is 3. The lowest BCUT2D eigenvalue weighted by molar-refractivity contribution is -0.143. The zero-order valence-electron chi connectivity index (χ0n) is 16.6. The summed E-state index contributed by atoms with van der Waals surface area (Å²) in [6, 6.07) is 26.9. The van der Waals surface area contributed by atoms with Gasteiger partial charge in [0, 0.05) is 0 Å². The van der Waals surface area contributed by atoms with Crippen LogP contribution in [-0.2, 0) is 21.0 Å². The fourth-order valence-electron chi connectivity index (χ4n) is 4.29. The number of hydrogen-bond donors (Lipinski definition) is 0. The number of rotatable bonds is 4. The first-order chi connectivity index (χ1) is 14.6. The molecule has 150 valence electrons. The third kappa shape index (κ3) is 3.08. The SMILES string of the molecule is Cc1ccc([C@@H]2[C@H]3C(=O)N(Cc4ccccc4)C(=O)[C@H]3ON2c2ccccc2)cc1. The number of anilines is 1. The first-order valence-electron chi connectivity index (χ1n) is 10.1. The van der Waals surface area contributed by atoms with Crippen molar-refractivity contribution in [3.05, 3.63) is 102 Å². The zero-order valence-corrected chi connectivity index (χ0v) is 16.6. The van der Waals surface area contributed by atoms with Crippen molar-refractivity contribution in [1.82, 2.24) is 4.90 Å². The molecule has 0 aromatic heterocycles. The number of carbonyl (C=O) groups excluding carboxylic acids is 2. The molecular formula is C25H22N2O3. The molecule has 0 spiro atoms. The van der Waals surface area contributed by atoms with Gasteiger partial charge in [-0.15, -0.1) is 0 Å². The number of fused-ring (bicyclic) bond motifs is 1. The molecule has 2 saturated heterocycles. The van der Waals surface area contributed by atoms with E-state index in [1.54, 1.807) is 5.06 Å². The van der Waals surface area contributed by atoms with Gasteiger partial charge in [0.05, 0.1) is 18.3 Å². The molecule has 3 aromatic carbocycles. The number of hydroxylamine groups is 1. The van der Waals surface area contributed by atoms with Crippen molar-refractivity contribution >= 4 is 17.5 Å². The fraction of sp³-hybridized carbons (Fsp3) is 0.200. The van der Waals surface area contributed by atoms with Crippen molar-refractivity contribution < 1.29 is 14.4 Å². The zero-order chi connectivity index (χ0) is 20.7. The minimum absolute atomic E-state index is 0.183. The number of imide groups is 1. The van der Waals surface area contributed by atoms with E-state index in [9.17, 15) is 9.59 Å². The van der Waals surface area contributed by atoms with E-state index < -0.39 is 12.0 Å². The Bertz CT molecular complexity index is 1070. The lowest BCUT2D eigenvalue weighted by Crippen LogP contribution is -2.36. The average Bonchev–Trinajstić information content (AvgIpc) is 3.28. The summed E-state index contributed by atoms with van der Waals surface area (Å²) < 4.78 is 0. The molecule has 5 heteroatoms. The van der Waals surface area contributed by atoms with Crippen molar-refractivity contribution in [3.63, 3.8) is 0 Å². The maximum atomic E-state index is 13.4. The number of amides is 2. The van der Waals surface area contributed by atoms with Gasteiger partial charge in [-0.25, -0.2) is 5.06 Å². The molecule has 2 aliphatic heterocycles. The number of hydrogen-bond acceptors (Lipinski definition) is 4. The van der Waals surface area contributed by atoms with Gasteiger partial charge in [0.2, 0.25) is 5.91 Å². The van der Waals surface area contributed by atoms with Crippen molar-refractivity contribution in [3.8, 4) is 0 Å². The Labute approximate surface area is 175 Å². The molecule has 0 aliphatic carbocycles. The van der Waals surface area contributed by atoms with Crippen LogP contribution in [0.15, 0.2) is 84.9 Å². The monoisotopic (exact) mass is 398 g/mol. The van der Waals surface area contributed by atoms with Crippen LogP contribution < -0.4 is 5.06 Å². The summed E-state index contributed by atoms with van der Waals surface area (Å²) >= 11 is 0. The van der Waals surface area contributed by atoms with Gasteiger partial charge in [-0.2, -0.15) is 0 Å². The average molecular weight is 398 g/mol. The van der Waals surface area contributed by atoms with Gasteiger partial charge in [-0.3, -0.25) is 19.3 Å². The number of aryl methyl sites for hydroxylation is 1. The minimum Gasteiger partial charge on any atom is -0.275 e. The molecular weight excluding hydrogens is 376 g/mol. The van der Waals surface area contributed by atoms with Crippen LogP contribution in [0.5, 0.6) is 0 Å². The first-order valence-corrected chi connectivity index (χ1v) is 10.1. The minimum atomic E-state index is -0.812. The number of nitrogens with zero attached hydrogens (tertiary/aromatic N) is 2. The molecule has 5 nitrogen and oxygen atoms in total. The van der Waals surface area contributed by atoms with Crippen molar-refractivity contribution in [1.29, 1.82) is 0 Å². The predicted molar refractivity (Wildman–Crippen MR) is 113 cm³/mol. The van der Waals surface area contributed by atoms with Crippen LogP contribution >= 0.6 is 0 Å². The molecule has 3 aromatic rings. The van der Waals surface area contributed by atoms with Crippen LogP contribution in [0.1, 0.15) is 22.7 Å². The Kier molecular flexibility index (Phi) is 4.60. The van der Waals surface area contributed by atoms with Crippen molar-refractivity contribution in [2.45, 2.75) is 25.6 Å². The van der Waals surface area contributed by atoms with Gasteiger partial charge >= 0.3 is 0 Å². The molecule has 5 rings (SSSR count). The van der Waals surface area contributed by atoms with Gasteiger partial charge in [0.1, 0.15) is 5.92 Å². The lowest BCUT2D eigenvalue weighted by atomic mass is 9.90. The lowest BCUT2D eigenvalue weighted by Gasteiger charge is -2.28. The molecule has 2 aliphatic rings. The van der Waals surface area contributed by atoms with Gasteiger partial charge < -0.3 is 0 Å². The summed E-state index contributed by atoms with van der Waals surface area (Å²) in [7, 11) is 0. The summed E-state index contributed by atoms with van der Waals surface area (Å²) in [6.45, 7) is 2.29. The van der Waals surface area contributed by atoms with Crippen LogP contribution in [0.25, 0.3) is 0 Å². The van der Waals surface area contributed by atoms with Crippen LogP contribution in [-0.4, -0.2) is 22.8 Å². The van der Waals surface area contributed by atoms with Crippen LogP contribution in [0.4, 0.5) is 5.69 Å². The van der Waals surface area contributed by atoms with Gasteiger partial charge in [0.15, 0.2) is 6.10 Å². The molecule has 2 heterocycles. The summed E-state index contributed by atoms with van der Waals surface area (Å²) in [5, 5.41) is 1.73. The number of carbonyl (C=O) groups is 2. The first kappa shape index (κ1) is 18.6. The highest BCUT2D eigenvalue weighted by Gasteiger charge is 2.59. The highest BCUT2D eigenvalue weighted by Crippen LogP contribution is 2.46. The summed E-state index contributed by atoms with van der Waals surface area (Å²) in [5.74, 6) is -1.04. The molecule has 2 fully saturated rings. The fourth-order valence-corrected chi connectivity index (χ4v) is 4.29. The van der Waals surface area contributed by atoms with E-state index in [4.69, 9.17) is 4.84 Å². The van der Waals surface area contributed by atoms with Gasteiger partial charge in [0.25, 0.3) is 5.91 Å². The van der Waals surface area contributed by atoms with Crippen molar-refractivity contribution in [2.75, 3.05) is 5.06 Å². The Morgan fingerprint density at radius 1 is 0.800 bits per heavy atom. The number of likely N-dealkylation sites (tertiary alicyclic amines) is 1. The van der Waals surface area contributed by atoms with E-state index in [2.05, 4.69) is 0 Å². The Morgan fingerprint density at radius 2 is 1.43 bits per heavy atom. The van der Waals surface area contributed by atoms with Gasteiger partial charge in [-0.05, 0) is 30.2 Å². The molecule has 0 bridgehead atoms. The quantitative estimate of drug-likeness (QED) is 0.623. The van der Waals surface area contributed by atoms with E-state index in [0.717, 1.165) is 22.4 Å². The summed E-state index contributed by atoms with van der Waals surface area (Å²) in [6.07, 6.45) is -0.812.